The summed E-state index contributed by atoms with van der Waals surface area (Å²) in [6.07, 6.45) is 4.43. The Kier molecular flexibility index (Phi) is 4.73. The van der Waals surface area contributed by atoms with E-state index in [4.69, 9.17) is 14.5 Å². The Hall–Kier alpha value is -4.58. The Morgan fingerprint density at radius 3 is 2.76 bits per heavy atom. The summed E-state index contributed by atoms with van der Waals surface area (Å²) in [5, 5.41) is 7.90. The first kappa shape index (κ1) is 19.1. The molecule has 5 heterocycles. The molecule has 0 amide bonds. The van der Waals surface area contributed by atoms with Crippen LogP contribution >= 0.6 is 0 Å². The number of aryl methyl sites for hydroxylation is 1. The number of hydrogen-bond donors (Lipinski definition) is 1. The maximum atomic E-state index is 5.45. The van der Waals surface area contributed by atoms with Gasteiger partial charge in [-0.25, -0.2) is 14.6 Å². The molecule has 0 bridgehead atoms. The van der Waals surface area contributed by atoms with Crippen molar-refractivity contribution in [3.8, 4) is 23.3 Å². The molecule has 162 valence electrons. The van der Waals surface area contributed by atoms with Crippen molar-refractivity contribution in [1.29, 1.82) is 0 Å². The zero-order valence-corrected chi connectivity index (χ0v) is 17.6. The third kappa shape index (κ3) is 3.90. The molecule has 9 heteroatoms. The standard InChI is InChI=1S/C24H19N7O2/c1-2-10-25-17(4-1)5-6-19-15-23-30(12-3-13-31(23)29-19)22-9-11-26-24(28-22)27-18-7-8-20-21(14-18)33-16-32-20/h1-2,4,7-11,14-15H,3,12-13,16H2,(H,26,27,28). The quantitative estimate of drug-likeness (QED) is 0.487. The fourth-order valence-corrected chi connectivity index (χ4v) is 3.80. The van der Waals surface area contributed by atoms with Gasteiger partial charge in [0.05, 0.1) is 0 Å². The van der Waals surface area contributed by atoms with Crippen molar-refractivity contribution in [2.24, 2.45) is 0 Å². The van der Waals surface area contributed by atoms with E-state index in [1.54, 1.807) is 12.4 Å². The number of hydrogen-bond acceptors (Lipinski definition) is 8. The predicted octanol–water partition coefficient (Wildman–Crippen LogP) is 3.48. The lowest BCUT2D eigenvalue weighted by Gasteiger charge is -2.28. The maximum Gasteiger partial charge on any atom is 0.231 e. The molecule has 2 aliphatic heterocycles. The van der Waals surface area contributed by atoms with Crippen molar-refractivity contribution in [3.63, 3.8) is 0 Å². The van der Waals surface area contributed by atoms with Crippen LogP contribution in [0.5, 0.6) is 11.5 Å². The largest absolute Gasteiger partial charge is 0.454 e. The summed E-state index contributed by atoms with van der Waals surface area (Å²) in [5.41, 5.74) is 2.25. The molecule has 0 unspecified atom stereocenters. The molecule has 0 radical (unpaired) electrons. The molecule has 0 fully saturated rings. The van der Waals surface area contributed by atoms with Gasteiger partial charge in [0.2, 0.25) is 12.7 Å². The lowest BCUT2D eigenvalue weighted by molar-refractivity contribution is 0.174. The molecule has 6 rings (SSSR count). The molecule has 0 saturated carbocycles. The molecule has 33 heavy (non-hydrogen) atoms. The smallest absolute Gasteiger partial charge is 0.231 e. The van der Waals surface area contributed by atoms with E-state index in [1.165, 1.54) is 0 Å². The molecule has 0 spiro atoms. The first-order chi connectivity index (χ1) is 16.3. The van der Waals surface area contributed by atoms with Gasteiger partial charge in [0, 0.05) is 43.3 Å². The van der Waals surface area contributed by atoms with Crippen LogP contribution < -0.4 is 19.7 Å². The zero-order chi connectivity index (χ0) is 22.0. The SMILES string of the molecule is C(#Cc1cc2n(n1)CCCN2c1ccnc(Nc2ccc3c(c2)OCO3)n1)c1ccccn1. The van der Waals surface area contributed by atoms with E-state index in [0.717, 1.165) is 48.3 Å². The van der Waals surface area contributed by atoms with Gasteiger partial charge in [-0.2, -0.15) is 10.1 Å². The number of fused-ring (bicyclic) bond motifs is 2. The summed E-state index contributed by atoms with van der Waals surface area (Å²) < 4.78 is 12.8. The number of aromatic nitrogens is 5. The maximum absolute atomic E-state index is 5.45. The normalized spacial score (nSPS) is 13.8. The first-order valence-corrected chi connectivity index (χ1v) is 10.6. The van der Waals surface area contributed by atoms with E-state index in [9.17, 15) is 0 Å². The zero-order valence-electron chi connectivity index (χ0n) is 17.6. The molecular formula is C24H19N7O2. The number of rotatable bonds is 3. The minimum Gasteiger partial charge on any atom is -0.454 e. The molecule has 0 saturated heterocycles. The highest BCUT2D eigenvalue weighted by molar-refractivity contribution is 5.63. The number of benzene rings is 1. The van der Waals surface area contributed by atoms with Gasteiger partial charge in [0.15, 0.2) is 11.5 Å². The van der Waals surface area contributed by atoms with Crippen LogP contribution in [-0.4, -0.2) is 38.1 Å². The van der Waals surface area contributed by atoms with Gasteiger partial charge < -0.3 is 19.7 Å². The summed E-state index contributed by atoms with van der Waals surface area (Å²) >= 11 is 0. The van der Waals surface area contributed by atoms with E-state index in [0.29, 0.717) is 17.4 Å². The Morgan fingerprint density at radius 2 is 1.82 bits per heavy atom. The van der Waals surface area contributed by atoms with Crippen LogP contribution in [0.1, 0.15) is 17.8 Å². The highest BCUT2D eigenvalue weighted by atomic mass is 16.7. The Bertz CT molecular complexity index is 1370. The molecule has 1 aromatic carbocycles. The molecule has 3 aromatic heterocycles. The van der Waals surface area contributed by atoms with Crippen LogP contribution in [0.4, 0.5) is 23.3 Å². The van der Waals surface area contributed by atoms with Crippen LogP contribution in [0.25, 0.3) is 0 Å². The van der Waals surface area contributed by atoms with Crippen molar-refractivity contribution < 1.29 is 9.47 Å². The van der Waals surface area contributed by atoms with Crippen molar-refractivity contribution >= 4 is 23.3 Å². The Morgan fingerprint density at radius 1 is 0.879 bits per heavy atom. The van der Waals surface area contributed by atoms with Gasteiger partial charge in [-0.15, -0.1) is 0 Å². The average Bonchev–Trinajstić information content (AvgIpc) is 3.50. The Labute approximate surface area is 190 Å². The molecule has 0 aliphatic carbocycles. The number of anilines is 4. The van der Waals surface area contributed by atoms with E-state index in [1.807, 2.05) is 53.2 Å². The van der Waals surface area contributed by atoms with Crippen molar-refractivity contribution in [2.45, 2.75) is 13.0 Å². The number of nitrogens with one attached hydrogen (secondary N) is 1. The second kappa shape index (κ2) is 8.16. The fourth-order valence-electron chi connectivity index (χ4n) is 3.80. The summed E-state index contributed by atoms with van der Waals surface area (Å²) in [7, 11) is 0. The fraction of sp³-hybridized carbons (Fsp3) is 0.167. The van der Waals surface area contributed by atoms with Gasteiger partial charge in [-0.1, -0.05) is 6.07 Å². The molecule has 0 atom stereocenters. The van der Waals surface area contributed by atoms with Gasteiger partial charge in [-0.3, -0.25) is 0 Å². The van der Waals surface area contributed by atoms with Crippen LogP contribution in [0, 0.1) is 11.8 Å². The second-order valence-electron chi connectivity index (χ2n) is 7.51. The highest BCUT2D eigenvalue weighted by Gasteiger charge is 2.22. The average molecular weight is 437 g/mol. The summed E-state index contributed by atoms with van der Waals surface area (Å²) in [6.45, 7) is 1.91. The molecule has 4 aromatic rings. The van der Waals surface area contributed by atoms with Gasteiger partial charge in [-0.05, 0) is 48.6 Å². The third-order valence-electron chi connectivity index (χ3n) is 5.32. The van der Waals surface area contributed by atoms with Crippen LogP contribution in [0.15, 0.2) is 60.9 Å². The lowest BCUT2D eigenvalue weighted by Crippen LogP contribution is -2.28. The van der Waals surface area contributed by atoms with Gasteiger partial charge in [0.25, 0.3) is 0 Å². The summed E-state index contributed by atoms with van der Waals surface area (Å²) in [5.74, 6) is 9.87. The molecule has 1 N–H and O–H groups in total. The van der Waals surface area contributed by atoms with Crippen molar-refractivity contribution in [2.75, 3.05) is 23.6 Å². The molecule has 9 nitrogen and oxygen atoms in total. The highest BCUT2D eigenvalue weighted by Crippen LogP contribution is 2.35. The lowest BCUT2D eigenvalue weighted by atomic mass is 10.3. The minimum atomic E-state index is 0.238. The topological polar surface area (TPSA) is 90.2 Å². The summed E-state index contributed by atoms with van der Waals surface area (Å²) in [6, 6.07) is 15.2. The van der Waals surface area contributed by atoms with Crippen LogP contribution in [-0.2, 0) is 6.54 Å². The van der Waals surface area contributed by atoms with Crippen molar-refractivity contribution in [1.82, 2.24) is 24.7 Å². The van der Waals surface area contributed by atoms with Crippen molar-refractivity contribution in [3.05, 3.63) is 72.3 Å². The number of nitrogens with zero attached hydrogens (tertiary/aromatic N) is 6. The predicted molar refractivity (Wildman–Crippen MR) is 122 cm³/mol. The van der Waals surface area contributed by atoms with E-state index >= 15 is 0 Å². The first-order valence-electron chi connectivity index (χ1n) is 10.6. The third-order valence-corrected chi connectivity index (χ3v) is 5.32. The van der Waals surface area contributed by atoms with Crippen LogP contribution in [0.3, 0.4) is 0 Å². The van der Waals surface area contributed by atoms with E-state index in [2.05, 4.69) is 37.1 Å². The van der Waals surface area contributed by atoms with Crippen LogP contribution in [0.2, 0.25) is 0 Å². The van der Waals surface area contributed by atoms with E-state index in [-0.39, 0.29) is 6.79 Å². The number of ether oxygens (including phenoxy) is 2. The Balaban J connectivity index is 1.26. The second-order valence-corrected chi connectivity index (χ2v) is 7.51. The van der Waals surface area contributed by atoms with Gasteiger partial charge >= 0.3 is 0 Å². The summed E-state index contributed by atoms with van der Waals surface area (Å²) in [4.78, 5) is 15.5. The molecule has 2 aliphatic rings. The minimum absolute atomic E-state index is 0.238. The van der Waals surface area contributed by atoms with E-state index < -0.39 is 0 Å². The van der Waals surface area contributed by atoms with Gasteiger partial charge in [0.1, 0.15) is 23.0 Å². The molecular weight excluding hydrogens is 418 g/mol. The monoisotopic (exact) mass is 437 g/mol. The number of pyridine rings is 1.